The lowest BCUT2D eigenvalue weighted by atomic mass is 10.5. The van der Waals surface area contributed by atoms with Crippen molar-refractivity contribution in [1.29, 1.82) is 0 Å². The topological polar surface area (TPSA) is 44.2 Å². The summed E-state index contributed by atoms with van der Waals surface area (Å²) in [6.07, 6.45) is 3.36. The predicted molar refractivity (Wildman–Crippen MR) is 69.4 cm³/mol. The minimum absolute atomic E-state index is 0.558. The minimum atomic E-state index is 0.558. The van der Waals surface area contributed by atoms with Gasteiger partial charge in [0.05, 0.1) is 0 Å². The number of hydrogen-bond acceptors (Lipinski definition) is 4. The number of pyridine rings is 2. The quantitative estimate of drug-likeness (QED) is 0.669. The highest BCUT2D eigenvalue weighted by molar-refractivity contribution is 7.94. The molecule has 0 amide bonds. The van der Waals surface area contributed by atoms with Crippen molar-refractivity contribution < 1.29 is 8.92 Å². The van der Waals surface area contributed by atoms with E-state index in [4.69, 9.17) is 8.92 Å². The molecule has 0 spiro atoms. The van der Waals surface area contributed by atoms with Gasteiger partial charge in [-0.1, -0.05) is 12.1 Å². The molecule has 0 radical (unpaired) electrons. The smallest absolute Gasteiger partial charge is 0.226 e. The Labute approximate surface area is 103 Å². The molecule has 2 aromatic heterocycles. The molecule has 0 aliphatic heterocycles. The molecule has 0 saturated heterocycles. The molecule has 4 nitrogen and oxygen atoms in total. The molecule has 0 N–H and O–H groups in total. The molecule has 0 bridgehead atoms. The van der Waals surface area contributed by atoms with Gasteiger partial charge >= 0.3 is 0 Å². The Morgan fingerprint density at radius 1 is 1.00 bits per heavy atom. The second-order valence-corrected chi connectivity index (χ2v) is 4.13. The summed E-state index contributed by atoms with van der Waals surface area (Å²) in [6.45, 7) is 1.83. The lowest BCUT2D eigenvalue weighted by Gasteiger charge is -2.04. The third kappa shape index (κ3) is 3.88. The Hall–Kier alpha value is -1.88. The highest BCUT2D eigenvalue weighted by Gasteiger charge is 1.96. The molecule has 17 heavy (non-hydrogen) atoms. The molecule has 2 aromatic rings. The van der Waals surface area contributed by atoms with Gasteiger partial charge in [0.15, 0.2) is 5.05 Å². The van der Waals surface area contributed by atoms with Gasteiger partial charge < -0.3 is 8.92 Å². The maximum atomic E-state index is 5.48. The van der Waals surface area contributed by atoms with Crippen molar-refractivity contribution in [3.8, 4) is 11.8 Å². The van der Waals surface area contributed by atoms with Gasteiger partial charge in [0.1, 0.15) is 0 Å². The van der Waals surface area contributed by atoms with Gasteiger partial charge in [0, 0.05) is 43.1 Å². The van der Waals surface area contributed by atoms with Gasteiger partial charge in [0.25, 0.3) is 0 Å². The van der Waals surface area contributed by atoms with Crippen molar-refractivity contribution in [2.75, 3.05) is 0 Å². The van der Waals surface area contributed by atoms with E-state index in [-0.39, 0.29) is 0 Å². The van der Waals surface area contributed by atoms with E-state index >= 15 is 0 Å². The van der Waals surface area contributed by atoms with Crippen molar-refractivity contribution in [3.05, 3.63) is 48.8 Å². The maximum Gasteiger partial charge on any atom is 0.226 e. The Morgan fingerprint density at radius 3 is 2.24 bits per heavy atom. The number of thiol groups is 1. The van der Waals surface area contributed by atoms with Gasteiger partial charge in [-0.05, 0) is 12.1 Å². The molecule has 5 heteroatoms. The van der Waals surface area contributed by atoms with Crippen molar-refractivity contribution >= 4 is 16.7 Å². The largest absolute Gasteiger partial charge is 0.435 e. The van der Waals surface area contributed by atoms with Gasteiger partial charge in [-0.15, -0.1) is 0 Å². The summed E-state index contributed by atoms with van der Waals surface area (Å²) in [5, 5.41) is 0.703. The first kappa shape index (κ1) is 11.6. The molecule has 0 aliphatic carbocycles. The van der Waals surface area contributed by atoms with Gasteiger partial charge in [-0.25, -0.2) is 9.97 Å². The normalized spacial score (nSPS) is 11.5. The summed E-state index contributed by atoms with van der Waals surface area (Å²) in [5.74, 6) is 1.13. The van der Waals surface area contributed by atoms with Crippen molar-refractivity contribution in [2.24, 2.45) is 0 Å². The lowest BCUT2D eigenvalue weighted by molar-refractivity contribution is 0.533. The van der Waals surface area contributed by atoms with Crippen LogP contribution in [-0.4, -0.2) is 15.0 Å². The average Bonchev–Trinajstić information content (AvgIpc) is 2.39. The van der Waals surface area contributed by atoms with E-state index in [0.29, 0.717) is 28.4 Å². The number of hydrogen-bond donors (Lipinski definition) is 1. The van der Waals surface area contributed by atoms with E-state index in [0.717, 1.165) is 0 Å². The van der Waals surface area contributed by atoms with E-state index in [9.17, 15) is 0 Å². The monoisotopic (exact) mass is 248 g/mol. The van der Waals surface area contributed by atoms with Crippen LogP contribution in [0.25, 0.3) is 0 Å². The highest BCUT2D eigenvalue weighted by Crippen LogP contribution is 2.10. The zero-order valence-electron chi connectivity index (χ0n) is 9.28. The molecule has 88 valence electrons. The summed E-state index contributed by atoms with van der Waals surface area (Å²) >= 11 is 0.609. The Bertz CT molecular complexity index is 488. The molecule has 0 unspecified atom stereocenters. The fourth-order valence-electron chi connectivity index (χ4n) is 1.09. The molecular formula is C12H12N2O2S. The SMILES string of the molecule is CC(Oc1ccccn1)=[SH]Oc1ccccn1. The summed E-state index contributed by atoms with van der Waals surface area (Å²) in [5.41, 5.74) is 0. The maximum absolute atomic E-state index is 5.48. The number of rotatable bonds is 3. The highest BCUT2D eigenvalue weighted by atomic mass is 32.2. The van der Waals surface area contributed by atoms with E-state index in [2.05, 4.69) is 9.97 Å². The van der Waals surface area contributed by atoms with Gasteiger partial charge in [-0.3, -0.25) is 0 Å². The van der Waals surface area contributed by atoms with Crippen molar-refractivity contribution in [2.45, 2.75) is 6.92 Å². The van der Waals surface area contributed by atoms with Gasteiger partial charge in [-0.2, -0.15) is 0 Å². The van der Waals surface area contributed by atoms with Crippen molar-refractivity contribution in [3.63, 3.8) is 0 Å². The second kappa shape index (κ2) is 6.00. The van der Waals surface area contributed by atoms with Crippen LogP contribution in [0.15, 0.2) is 48.8 Å². The van der Waals surface area contributed by atoms with E-state index in [1.807, 2.05) is 31.2 Å². The molecule has 0 atom stereocenters. The first-order valence-corrected chi connectivity index (χ1v) is 5.87. The van der Waals surface area contributed by atoms with Crippen LogP contribution >= 0.6 is 11.6 Å². The van der Waals surface area contributed by atoms with Crippen LogP contribution in [0, 0.1) is 0 Å². The molecular weight excluding hydrogens is 236 g/mol. The molecule has 0 saturated carbocycles. The Balaban J connectivity index is 1.94. The average molecular weight is 248 g/mol. The summed E-state index contributed by atoms with van der Waals surface area (Å²) in [7, 11) is 0. The van der Waals surface area contributed by atoms with Crippen molar-refractivity contribution in [1.82, 2.24) is 9.97 Å². The zero-order valence-corrected chi connectivity index (χ0v) is 10.2. The third-order valence-electron chi connectivity index (χ3n) is 1.80. The van der Waals surface area contributed by atoms with Crippen LogP contribution in [0.2, 0.25) is 0 Å². The third-order valence-corrected chi connectivity index (χ3v) is 2.42. The Morgan fingerprint density at radius 2 is 1.65 bits per heavy atom. The standard InChI is InChI=1S/C12H12N2O2S/c1-10(15-11-6-2-4-8-13-11)17-16-12-7-3-5-9-14-12/h2-9,17H,1H3. The fourth-order valence-corrected chi connectivity index (χ4v) is 1.55. The number of nitrogens with zero attached hydrogens (tertiary/aromatic N) is 2. The van der Waals surface area contributed by atoms with E-state index in [1.54, 1.807) is 24.5 Å². The zero-order chi connectivity index (χ0) is 11.9. The van der Waals surface area contributed by atoms with Crippen LogP contribution in [0.5, 0.6) is 11.8 Å². The number of ether oxygens (including phenoxy) is 1. The predicted octanol–water partition coefficient (Wildman–Crippen LogP) is 2.46. The first-order chi connectivity index (χ1) is 8.34. The summed E-state index contributed by atoms with van der Waals surface area (Å²) in [6, 6.07) is 11.0. The number of aromatic nitrogens is 2. The van der Waals surface area contributed by atoms with Crippen LogP contribution in [0.4, 0.5) is 0 Å². The lowest BCUT2D eigenvalue weighted by Crippen LogP contribution is -2.03. The van der Waals surface area contributed by atoms with Gasteiger partial charge in [0.2, 0.25) is 11.8 Å². The molecule has 0 aromatic carbocycles. The molecule has 0 fully saturated rings. The van der Waals surface area contributed by atoms with Crippen LogP contribution in [-0.2, 0) is 0 Å². The second-order valence-electron chi connectivity index (χ2n) is 3.14. The van der Waals surface area contributed by atoms with Crippen LogP contribution in [0.1, 0.15) is 6.92 Å². The summed E-state index contributed by atoms with van der Waals surface area (Å²) < 4.78 is 10.9. The van der Waals surface area contributed by atoms with E-state index < -0.39 is 0 Å². The molecule has 2 rings (SSSR count). The Kier molecular flexibility index (Phi) is 4.10. The molecule has 0 aliphatic rings. The van der Waals surface area contributed by atoms with E-state index in [1.165, 1.54) is 0 Å². The molecule has 2 heterocycles. The first-order valence-electron chi connectivity index (χ1n) is 5.06. The fraction of sp³-hybridized carbons (Fsp3) is 0.0833. The van der Waals surface area contributed by atoms with Crippen LogP contribution < -0.4 is 8.92 Å². The van der Waals surface area contributed by atoms with Crippen LogP contribution in [0.3, 0.4) is 0 Å². The minimum Gasteiger partial charge on any atom is -0.435 e. The summed E-state index contributed by atoms with van der Waals surface area (Å²) in [4.78, 5) is 8.10.